The van der Waals surface area contributed by atoms with Gasteiger partial charge < -0.3 is 5.32 Å². The molecule has 2 aromatic rings. The maximum atomic E-state index is 14.0. The first-order valence-corrected chi connectivity index (χ1v) is 11.2. The number of rotatable bonds is 5. The molecule has 0 radical (unpaired) electrons. The fourth-order valence-electron chi connectivity index (χ4n) is 3.23. The zero-order valence-electron chi connectivity index (χ0n) is 15.6. The highest BCUT2D eigenvalue weighted by Crippen LogP contribution is 2.28. The van der Waals surface area contributed by atoms with E-state index in [1.165, 1.54) is 15.6 Å². The second-order valence-corrected chi connectivity index (χ2v) is 10.3. The summed E-state index contributed by atoms with van der Waals surface area (Å²) < 4.78 is 54.2. The normalized spacial score (nSPS) is 18.8. The van der Waals surface area contributed by atoms with Crippen molar-refractivity contribution >= 4 is 27.3 Å². The average molecular weight is 440 g/mol. The molecule has 0 saturated carbocycles. The molecule has 6 nitrogen and oxygen atoms in total. The van der Waals surface area contributed by atoms with Gasteiger partial charge in [0.05, 0.1) is 12.0 Å². The van der Waals surface area contributed by atoms with E-state index in [0.29, 0.717) is 25.5 Å². The van der Waals surface area contributed by atoms with Crippen LogP contribution in [0.3, 0.4) is 0 Å². The van der Waals surface area contributed by atoms with Crippen molar-refractivity contribution in [3.63, 3.8) is 0 Å². The number of nitrogens with one attached hydrogen (secondary N) is 1. The van der Waals surface area contributed by atoms with Crippen LogP contribution in [0.25, 0.3) is 0 Å². The minimum atomic E-state index is -3.70. The number of amides is 1. The molecule has 1 saturated heterocycles. The number of carbonyl (C=O) groups excluding carboxylic acids is 1. The van der Waals surface area contributed by atoms with Crippen molar-refractivity contribution in [2.75, 3.05) is 13.1 Å². The zero-order valence-corrected chi connectivity index (χ0v) is 17.2. The maximum Gasteiger partial charge on any atom is 0.252 e. The van der Waals surface area contributed by atoms with Crippen molar-refractivity contribution in [1.29, 1.82) is 5.26 Å². The van der Waals surface area contributed by atoms with Crippen LogP contribution in [0.15, 0.2) is 34.5 Å². The van der Waals surface area contributed by atoms with Gasteiger partial charge in [-0.1, -0.05) is 6.07 Å². The van der Waals surface area contributed by atoms with Gasteiger partial charge in [0, 0.05) is 29.6 Å². The molecule has 1 aromatic heterocycles. The molecule has 0 aliphatic carbocycles. The molecule has 2 unspecified atom stereocenters. The largest absolute Gasteiger partial charge is 0.336 e. The number of nitriles is 1. The Morgan fingerprint density at radius 2 is 2.10 bits per heavy atom. The summed E-state index contributed by atoms with van der Waals surface area (Å²) in [6.45, 7) is 2.10. The number of nitrogens with zero attached hydrogens (tertiary/aromatic N) is 2. The van der Waals surface area contributed by atoms with Crippen molar-refractivity contribution in [1.82, 2.24) is 9.62 Å². The molecule has 1 amide bonds. The molecular weight excluding hydrogens is 420 g/mol. The van der Waals surface area contributed by atoms with E-state index < -0.39 is 39.5 Å². The van der Waals surface area contributed by atoms with Crippen molar-refractivity contribution in [2.45, 2.75) is 30.0 Å². The lowest BCUT2D eigenvalue weighted by atomic mass is 9.97. The van der Waals surface area contributed by atoms with Gasteiger partial charge in [0.1, 0.15) is 21.9 Å². The Morgan fingerprint density at radius 3 is 2.72 bits per heavy atom. The highest BCUT2D eigenvalue weighted by molar-refractivity contribution is 7.91. The lowest BCUT2D eigenvalue weighted by molar-refractivity contribution is -0.126. The van der Waals surface area contributed by atoms with E-state index in [1.807, 2.05) is 6.92 Å². The van der Waals surface area contributed by atoms with Gasteiger partial charge in [0.25, 0.3) is 10.0 Å². The minimum absolute atomic E-state index is 0.0187. The van der Waals surface area contributed by atoms with E-state index in [9.17, 15) is 27.3 Å². The number of piperidine rings is 1. The van der Waals surface area contributed by atoms with Gasteiger partial charge in [0.2, 0.25) is 5.91 Å². The molecule has 3 rings (SSSR count). The predicted octanol–water partition coefficient (Wildman–Crippen LogP) is 3.12. The summed E-state index contributed by atoms with van der Waals surface area (Å²) in [5.74, 6) is -2.93. The van der Waals surface area contributed by atoms with Crippen LogP contribution in [0.1, 0.15) is 29.3 Å². The molecule has 0 spiro atoms. The van der Waals surface area contributed by atoms with Crippen molar-refractivity contribution in [3.8, 4) is 6.07 Å². The summed E-state index contributed by atoms with van der Waals surface area (Å²) in [6.07, 6.45) is 0.940. The second kappa shape index (κ2) is 8.57. The molecular formula is C19H19F2N3O3S2. The Balaban J connectivity index is 1.73. The van der Waals surface area contributed by atoms with Gasteiger partial charge in [-0.15, -0.1) is 11.3 Å². The van der Waals surface area contributed by atoms with Crippen LogP contribution in [0, 0.1) is 35.8 Å². The molecule has 1 aliphatic heterocycles. The average Bonchev–Trinajstić information content (AvgIpc) is 3.14. The Hall–Kier alpha value is -2.35. The summed E-state index contributed by atoms with van der Waals surface area (Å²) in [5.41, 5.74) is -0.142. The van der Waals surface area contributed by atoms with Crippen LogP contribution in [0.5, 0.6) is 0 Å². The molecule has 2 atom stereocenters. The first kappa shape index (κ1) is 21.4. The summed E-state index contributed by atoms with van der Waals surface area (Å²) in [6, 6.07) is 6.52. The number of thiophene rings is 1. The van der Waals surface area contributed by atoms with Gasteiger partial charge in [-0.25, -0.2) is 17.2 Å². The Morgan fingerprint density at radius 1 is 1.34 bits per heavy atom. The topological polar surface area (TPSA) is 90.3 Å². The van der Waals surface area contributed by atoms with Crippen molar-refractivity contribution in [2.24, 2.45) is 5.92 Å². The third-order valence-corrected chi connectivity index (χ3v) is 8.09. The summed E-state index contributed by atoms with van der Waals surface area (Å²) in [5, 5.41) is 11.8. The SMILES string of the molecule is Cc1ccc(S(=O)(=O)N2CCCC(C(=O)NC(C#N)c3ccc(F)cc3F)C2)s1. The van der Waals surface area contributed by atoms with Crippen LogP contribution < -0.4 is 5.32 Å². The smallest absolute Gasteiger partial charge is 0.252 e. The van der Waals surface area contributed by atoms with E-state index >= 15 is 0 Å². The lowest BCUT2D eigenvalue weighted by Crippen LogP contribution is -2.45. The van der Waals surface area contributed by atoms with E-state index in [1.54, 1.807) is 18.2 Å². The molecule has 10 heteroatoms. The minimum Gasteiger partial charge on any atom is -0.336 e. The first-order chi connectivity index (χ1) is 13.7. The van der Waals surface area contributed by atoms with Gasteiger partial charge in [-0.3, -0.25) is 4.79 Å². The van der Waals surface area contributed by atoms with Crippen molar-refractivity contribution < 1.29 is 22.0 Å². The standard InChI is InChI=1S/C19H19F2N3O3S2/c1-12-4-7-18(28-12)29(26,27)24-8-2-3-13(11-24)19(25)23-17(10-22)15-6-5-14(20)9-16(15)21/h4-7,9,13,17H,2-3,8,11H2,1H3,(H,23,25). The number of halogens is 2. The van der Waals surface area contributed by atoms with E-state index in [2.05, 4.69) is 5.32 Å². The molecule has 29 heavy (non-hydrogen) atoms. The van der Waals surface area contributed by atoms with Crippen LogP contribution in [-0.2, 0) is 14.8 Å². The molecule has 2 heterocycles. The third-order valence-electron chi connectivity index (χ3n) is 4.75. The zero-order chi connectivity index (χ0) is 21.2. The fraction of sp³-hybridized carbons (Fsp3) is 0.368. The van der Waals surface area contributed by atoms with Crippen molar-refractivity contribution in [3.05, 3.63) is 52.4 Å². The van der Waals surface area contributed by atoms with Gasteiger partial charge in [-0.05, 0) is 38.0 Å². The van der Waals surface area contributed by atoms with Gasteiger partial charge >= 0.3 is 0 Å². The van der Waals surface area contributed by atoms with Crippen LogP contribution in [-0.4, -0.2) is 31.7 Å². The number of benzene rings is 1. The fourth-order valence-corrected chi connectivity index (χ4v) is 6.19. The van der Waals surface area contributed by atoms with Gasteiger partial charge in [0.15, 0.2) is 0 Å². The number of aryl methyl sites for hydroxylation is 1. The molecule has 0 bridgehead atoms. The quantitative estimate of drug-likeness (QED) is 0.775. The summed E-state index contributed by atoms with van der Waals surface area (Å²) in [4.78, 5) is 13.5. The van der Waals surface area contributed by atoms with Crippen LogP contribution in [0.4, 0.5) is 8.78 Å². The third kappa shape index (κ3) is 4.63. The monoisotopic (exact) mass is 439 g/mol. The number of carbonyl (C=O) groups is 1. The van der Waals surface area contributed by atoms with Crippen LogP contribution in [0.2, 0.25) is 0 Å². The summed E-state index contributed by atoms with van der Waals surface area (Å²) in [7, 11) is -3.70. The Bertz CT molecular complexity index is 1060. The second-order valence-electron chi connectivity index (χ2n) is 6.80. The molecule has 154 valence electrons. The van der Waals surface area contributed by atoms with E-state index in [4.69, 9.17) is 0 Å². The lowest BCUT2D eigenvalue weighted by Gasteiger charge is -2.31. The maximum absolute atomic E-state index is 14.0. The molecule has 1 aromatic carbocycles. The first-order valence-electron chi connectivity index (χ1n) is 8.94. The van der Waals surface area contributed by atoms with E-state index in [-0.39, 0.29) is 16.3 Å². The Kier molecular flexibility index (Phi) is 6.31. The number of sulfonamides is 1. The predicted molar refractivity (Wildman–Crippen MR) is 103 cm³/mol. The highest BCUT2D eigenvalue weighted by atomic mass is 32.2. The number of hydrogen-bond acceptors (Lipinski definition) is 5. The highest BCUT2D eigenvalue weighted by Gasteiger charge is 2.35. The Labute approximate surface area is 171 Å². The number of hydrogen-bond donors (Lipinski definition) is 1. The van der Waals surface area contributed by atoms with Gasteiger partial charge in [-0.2, -0.15) is 9.57 Å². The van der Waals surface area contributed by atoms with Crippen LogP contribution >= 0.6 is 11.3 Å². The molecule has 1 fully saturated rings. The molecule has 1 aliphatic rings. The molecule has 1 N–H and O–H groups in total. The van der Waals surface area contributed by atoms with E-state index in [0.717, 1.165) is 17.0 Å². The summed E-state index contributed by atoms with van der Waals surface area (Å²) >= 11 is 1.17.